The SMILES string of the molecule is C=C/C(=C\C(=C/C)Nc1nc(Nc2ccc3[nH]ncc3c2)c2sccc2n1)Sc1ccncc1. The molecule has 5 rings (SSSR count). The van der Waals surface area contributed by atoms with E-state index in [1.165, 1.54) is 0 Å². The summed E-state index contributed by atoms with van der Waals surface area (Å²) in [5, 5.41) is 16.9. The van der Waals surface area contributed by atoms with Crippen molar-refractivity contribution in [3.8, 4) is 0 Å². The summed E-state index contributed by atoms with van der Waals surface area (Å²) in [7, 11) is 0. The van der Waals surface area contributed by atoms with Crippen molar-refractivity contribution in [1.82, 2.24) is 25.1 Å². The van der Waals surface area contributed by atoms with Gasteiger partial charge in [-0.15, -0.1) is 11.3 Å². The third kappa shape index (κ3) is 4.85. The molecule has 0 aliphatic heterocycles. The molecule has 5 aromatic rings. The number of H-pyrrole nitrogens is 1. The van der Waals surface area contributed by atoms with Crippen LogP contribution in [0.2, 0.25) is 0 Å². The molecule has 0 fully saturated rings. The molecule has 0 spiro atoms. The molecule has 0 bridgehead atoms. The van der Waals surface area contributed by atoms with E-state index in [-0.39, 0.29) is 0 Å². The van der Waals surface area contributed by atoms with Gasteiger partial charge in [0, 0.05) is 39.0 Å². The monoisotopic (exact) mass is 483 g/mol. The zero-order valence-electron chi connectivity index (χ0n) is 18.3. The summed E-state index contributed by atoms with van der Waals surface area (Å²) >= 11 is 3.22. The molecule has 0 unspecified atom stereocenters. The zero-order valence-corrected chi connectivity index (χ0v) is 20.0. The van der Waals surface area contributed by atoms with E-state index in [2.05, 4.69) is 32.4 Å². The summed E-state index contributed by atoms with van der Waals surface area (Å²) in [5.41, 5.74) is 3.67. The molecule has 4 heterocycles. The number of fused-ring (bicyclic) bond motifs is 2. The fourth-order valence-electron chi connectivity index (χ4n) is 3.31. The van der Waals surface area contributed by atoms with E-state index in [1.807, 2.05) is 66.9 Å². The highest BCUT2D eigenvalue weighted by Crippen LogP contribution is 2.31. The molecule has 0 aliphatic rings. The standard InChI is InChI=1S/C25H21N7S2/c1-3-17(14-19(4-2)34-20-7-10-26-11-8-20)29-25-30-22-9-12-33-23(22)24(31-25)28-18-5-6-21-16(13-18)15-27-32-21/h3-15H,2H2,1H3,(H,27,32)(H2,28,29,30,31)/b17-3+,19-14+. The highest BCUT2D eigenvalue weighted by Gasteiger charge is 2.11. The summed E-state index contributed by atoms with van der Waals surface area (Å²) in [6.45, 7) is 5.93. The van der Waals surface area contributed by atoms with Gasteiger partial charge in [-0.2, -0.15) is 10.1 Å². The van der Waals surface area contributed by atoms with Gasteiger partial charge in [0.05, 0.1) is 21.9 Å². The summed E-state index contributed by atoms with van der Waals surface area (Å²) < 4.78 is 0.996. The maximum absolute atomic E-state index is 4.78. The molecule has 168 valence electrons. The predicted octanol–water partition coefficient (Wildman–Crippen LogP) is 6.88. The van der Waals surface area contributed by atoms with Gasteiger partial charge >= 0.3 is 0 Å². The molecule has 0 atom stereocenters. The fourth-order valence-corrected chi connectivity index (χ4v) is 4.88. The van der Waals surface area contributed by atoms with Crippen LogP contribution in [-0.4, -0.2) is 25.1 Å². The highest BCUT2D eigenvalue weighted by atomic mass is 32.2. The van der Waals surface area contributed by atoms with Gasteiger partial charge in [-0.1, -0.05) is 30.5 Å². The largest absolute Gasteiger partial charge is 0.339 e. The number of hydrogen-bond donors (Lipinski definition) is 3. The van der Waals surface area contributed by atoms with Gasteiger partial charge in [-0.05, 0) is 54.8 Å². The van der Waals surface area contributed by atoms with Crippen LogP contribution in [0.1, 0.15) is 6.92 Å². The number of aromatic amines is 1. The Kier molecular flexibility index (Phi) is 6.37. The molecule has 0 amide bonds. The molecule has 9 heteroatoms. The number of thiophene rings is 1. The van der Waals surface area contributed by atoms with E-state index in [0.29, 0.717) is 5.95 Å². The van der Waals surface area contributed by atoms with Crippen LogP contribution < -0.4 is 10.6 Å². The predicted molar refractivity (Wildman–Crippen MR) is 143 cm³/mol. The van der Waals surface area contributed by atoms with Crippen molar-refractivity contribution in [1.29, 1.82) is 0 Å². The Morgan fingerprint density at radius 3 is 2.85 bits per heavy atom. The Labute approximate surface area is 204 Å². The third-order valence-electron chi connectivity index (χ3n) is 4.96. The number of allylic oxidation sites excluding steroid dienone is 3. The number of pyridine rings is 1. The number of aromatic nitrogens is 5. The van der Waals surface area contributed by atoms with Crippen molar-refractivity contribution in [2.24, 2.45) is 0 Å². The van der Waals surface area contributed by atoms with Crippen molar-refractivity contribution in [3.63, 3.8) is 0 Å². The lowest BCUT2D eigenvalue weighted by molar-refractivity contribution is 1.12. The Morgan fingerprint density at radius 2 is 2.03 bits per heavy atom. The second-order valence-corrected chi connectivity index (χ2v) is 9.30. The molecule has 0 radical (unpaired) electrons. The van der Waals surface area contributed by atoms with Gasteiger partial charge < -0.3 is 10.6 Å². The summed E-state index contributed by atoms with van der Waals surface area (Å²) in [4.78, 5) is 15.7. The average Bonchev–Trinajstić information content (AvgIpc) is 3.53. The molecule has 3 N–H and O–H groups in total. The Hall–Kier alpha value is -3.95. The minimum atomic E-state index is 0.513. The van der Waals surface area contributed by atoms with Crippen molar-refractivity contribution in [2.45, 2.75) is 11.8 Å². The molecule has 0 aliphatic carbocycles. The maximum Gasteiger partial charge on any atom is 0.229 e. The molecular formula is C25H21N7S2. The number of nitrogens with one attached hydrogen (secondary N) is 3. The fraction of sp³-hybridized carbons (Fsp3) is 0.0400. The number of anilines is 3. The van der Waals surface area contributed by atoms with E-state index in [4.69, 9.17) is 9.97 Å². The van der Waals surface area contributed by atoms with Crippen molar-refractivity contribution >= 4 is 61.7 Å². The van der Waals surface area contributed by atoms with Crippen LogP contribution in [0.15, 0.2) is 101 Å². The number of rotatable bonds is 8. The first kappa shape index (κ1) is 21.9. The first-order valence-electron chi connectivity index (χ1n) is 10.5. The van der Waals surface area contributed by atoms with Crippen LogP contribution in [0, 0.1) is 0 Å². The smallest absolute Gasteiger partial charge is 0.229 e. The van der Waals surface area contributed by atoms with Gasteiger partial charge in [0.1, 0.15) is 0 Å². The molecule has 0 saturated heterocycles. The second-order valence-electron chi connectivity index (χ2n) is 7.23. The van der Waals surface area contributed by atoms with Crippen LogP contribution in [0.25, 0.3) is 21.1 Å². The van der Waals surface area contributed by atoms with Gasteiger partial charge in [0.15, 0.2) is 5.82 Å². The first-order chi connectivity index (χ1) is 16.7. The first-order valence-corrected chi connectivity index (χ1v) is 12.2. The van der Waals surface area contributed by atoms with Crippen LogP contribution in [-0.2, 0) is 0 Å². The van der Waals surface area contributed by atoms with Gasteiger partial charge in [-0.3, -0.25) is 10.1 Å². The molecule has 7 nitrogen and oxygen atoms in total. The molecular weight excluding hydrogens is 462 g/mol. The van der Waals surface area contributed by atoms with Crippen LogP contribution in [0.5, 0.6) is 0 Å². The van der Waals surface area contributed by atoms with Crippen molar-refractivity contribution in [3.05, 3.63) is 95.8 Å². The van der Waals surface area contributed by atoms with E-state index in [9.17, 15) is 0 Å². The quantitative estimate of drug-likeness (QED) is 0.164. The summed E-state index contributed by atoms with van der Waals surface area (Å²) in [6.07, 6.45) is 11.2. The van der Waals surface area contributed by atoms with E-state index >= 15 is 0 Å². The topological polar surface area (TPSA) is 91.4 Å². The third-order valence-corrected chi connectivity index (χ3v) is 6.90. The Bertz CT molecular complexity index is 1520. The minimum absolute atomic E-state index is 0.513. The highest BCUT2D eigenvalue weighted by molar-refractivity contribution is 8.03. The summed E-state index contributed by atoms with van der Waals surface area (Å²) in [5.74, 6) is 1.26. The lowest BCUT2D eigenvalue weighted by atomic mass is 10.2. The van der Waals surface area contributed by atoms with Gasteiger partial charge in [-0.25, -0.2) is 4.98 Å². The van der Waals surface area contributed by atoms with Crippen LogP contribution in [0.3, 0.4) is 0 Å². The van der Waals surface area contributed by atoms with Crippen molar-refractivity contribution in [2.75, 3.05) is 10.6 Å². The van der Waals surface area contributed by atoms with E-state index in [0.717, 1.165) is 48.1 Å². The Morgan fingerprint density at radius 1 is 1.15 bits per heavy atom. The number of benzene rings is 1. The lowest BCUT2D eigenvalue weighted by Gasteiger charge is -2.11. The van der Waals surface area contributed by atoms with Crippen LogP contribution in [0.4, 0.5) is 17.5 Å². The lowest BCUT2D eigenvalue weighted by Crippen LogP contribution is -2.04. The van der Waals surface area contributed by atoms with Crippen molar-refractivity contribution < 1.29 is 0 Å². The Balaban J connectivity index is 1.42. The van der Waals surface area contributed by atoms with Crippen LogP contribution >= 0.6 is 23.1 Å². The molecule has 1 aromatic carbocycles. The second kappa shape index (κ2) is 9.90. The van der Waals surface area contributed by atoms with E-state index < -0.39 is 0 Å². The van der Waals surface area contributed by atoms with Gasteiger partial charge in [0.2, 0.25) is 5.95 Å². The maximum atomic E-state index is 4.78. The summed E-state index contributed by atoms with van der Waals surface area (Å²) in [6, 6.07) is 12.0. The van der Waals surface area contributed by atoms with Gasteiger partial charge in [0.25, 0.3) is 0 Å². The zero-order chi connectivity index (χ0) is 23.3. The number of nitrogens with zero attached hydrogens (tertiary/aromatic N) is 4. The molecule has 34 heavy (non-hydrogen) atoms. The molecule has 4 aromatic heterocycles. The number of thioether (sulfide) groups is 1. The normalized spacial score (nSPS) is 12.3. The minimum Gasteiger partial charge on any atom is -0.339 e. The molecule has 0 saturated carbocycles. The van der Waals surface area contributed by atoms with E-state index in [1.54, 1.807) is 41.7 Å². The number of hydrogen-bond acceptors (Lipinski definition) is 8. The average molecular weight is 484 g/mol.